The SMILES string of the molecule is Cc1cc(C)c(S(=O)(=O)NC(Cc2c[nH]c3ccccc23)C(=O)O)c(C)c1. The number of para-hydroxylation sites is 1. The van der Waals surface area contributed by atoms with E-state index in [0.717, 1.165) is 22.0 Å². The van der Waals surface area contributed by atoms with Gasteiger partial charge in [-0.2, -0.15) is 4.72 Å². The summed E-state index contributed by atoms with van der Waals surface area (Å²) in [4.78, 5) is 15.0. The van der Waals surface area contributed by atoms with E-state index < -0.39 is 22.0 Å². The molecule has 3 aromatic rings. The fourth-order valence-electron chi connectivity index (χ4n) is 3.54. The Hall–Kier alpha value is -2.64. The van der Waals surface area contributed by atoms with Gasteiger partial charge in [0.05, 0.1) is 4.90 Å². The molecule has 0 aliphatic heterocycles. The summed E-state index contributed by atoms with van der Waals surface area (Å²) in [7, 11) is -3.98. The second kappa shape index (κ2) is 7.17. The minimum Gasteiger partial charge on any atom is -0.480 e. The second-order valence-electron chi connectivity index (χ2n) is 6.80. The average molecular weight is 386 g/mol. The Morgan fingerprint density at radius 1 is 1.15 bits per heavy atom. The molecule has 0 radical (unpaired) electrons. The maximum Gasteiger partial charge on any atom is 0.322 e. The predicted octanol–water partition coefficient (Wildman–Crippen LogP) is 3.07. The summed E-state index contributed by atoms with van der Waals surface area (Å²) < 4.78 is 28.2. The first-order valence-corrected chi connectivity index (χ1v) is 10.1. The molecule has 6 nitrogen and oxygen atoms in total. The number of H-pyrrole nitrogens is 1. The quantitative estimate of drug-likeness (QED) is 0.606. The third kappa shape index (κ3) is 3.89. The van der Waals surface area contributed by atoms with Gasteiger partial charge in [-0.1, -0.05) is 35.9 Å². The van der Waals surface area contributed by atoms with Gasteiger partial charge in [-0.15, -0.1) is 0 Å². The number of benzene rings is 2. The lowest BCUT2D eigenvalue weighted by Gasteiger charge is -2.17. The van der Waals surface area contributed by atoms with Gasteiger partial charge in [0.25, 0.3) is 0 Å². The van der Waals surface area contributed by atoms with E-state index in [1.54, 1.807) is 32.2 Å². The van der Waals surface area contributed by atoms with Gasteiger partial charge in [0.15, 0.2) is 0 Å². The Morgan fingerprint density at radius 3 is 2.41 bits per heavy atom. The average Bonchev–Trinajstić information content (AvgIpc) is 2.96. The molecular formula is C20H22N2O4S. The van der Waals surface area contributed by atoms with Crippen molar-refractivity contribution in [1.29, 1.82) is 0 Å². The largest absolute Gasteiger partial charge is 0.480 e. The second-order valence-corrected chi connectivity index (χ2v) is 8.45. The van der Waals surface area contributed by atoms with Gasteiger partial charge >= 0.3 is 5.97 Å². The third-order valence-electron chi connectivity index (χ3n) is 4.57. The topological polar surface area (TPSA) is 99.3 Å². The molecular weight excluding hydrogens is 364 g/mol. The Morgan fingerprint density at radius 2 is 1.78 bits per heavy atom. The van der Waals surface area contributed by atoms with Crippen LogP contribution in [0.5, 0.6) is 0 Å². The number of aromatic nitrogens is 1. The van der Waals surface area contributed by atoms with Crippen molar-refractivity contribution in [3.8, 4) is 0 Å². The smallest absolute Gasteiger partial charge is 0.322 e. The number of hydrogen-bond acceptors (Lipinski definition) is 3. The molecule has 3 rings (SSSR count). The molecule has 1 aromatic heterocycles. The van der Waals surface area contributed by atoms with E-state index in [-0.39, 0.29) is 11.3 Å². The Labute approximate surface area is 158 Å². The van der Waals surface area contributed by atoms with Gasteiger partial charge in [-0.3, -0.25) is 4.79 Å². The summed E-state index contributed by atoms with van der Waals surface area (Å²) in [6, 6.07) is 9.78. The molecule has 2 aromatic carbocycles. The number of carboxylic acid groups (broad SMARTS) is 1. The molecule has 0 amide bonds. The van der Waals surface area contributed by atoms with Crippen LogP contribution >= 0.6 is 0 Å². The number of aryl methyl sites for hydroxylation is 3. The summed E-state index contributed by atoms with van der Waals surface area (Å²) >= 11 is 0. The Balaban J connectivity index is 1.94. The van der Waals surface area contributed by atoms with Crippen molar-refractivity contribution >= 4 is 26.9 Å². The molecule has 0 spiro atoms. The molecule has 0 aliphatic rings. The van der Waals surface area contributed by atoms with E-state index >= 15 is 0 Å². The zero-order valence-electron chi connectivity index (χ0n) is 15.4. The first kappa shape index (κ1) is 19.1. The van der Waals surface area contributed by atoms with Gasteiger partial charge in [0.1, 0.15) is 6.04 Å². The van der Waals surface area contributed by atoms with Gasteiger partial charge in [-0.05, 0) is 43.5 Å². The molecule has 0 bridgehead atoms. The number of nitrogens with one attached hydrogen (secondary N) is 2. The minimum atomic E-state index is -3.98. The molecule has 7 heteroatoms. The molecule has 1 unspecified atom stereocenters. The van der Waals surface area contributed by atoms with E-state index in [4.69, 9.17) is 0 Å². The molecule has 3 N–H and O–H groups in total. The first-order chi connectivity index (χ1) is 12.7. The Kier molecular flexibility index (Phi) is 5.08. The fraction of sp³-hybridized carbons (Fsp3) is 0.250. The molecule has 142 valence electrons. The molecule has 0 fully saturated rings. The van der Waals surface area contributed by atoms with Crippen LogP contribution in [-0.4, -0.2) is 30.5 Å². The number of rotatable bonds is 6. The van der Waals surface area contributed by atoms with Crippen LogP contribution in [0.25, 0.3) is 10.9 Å². The van der Waals surface area contributed by atoms with Crippen molar-refractivity contribution < 1.29 is 18.3 Å². The van der Waals surface area contributed by atoms with Crippen LogP contribution in [0.15, 0.2) is 47.5 Å². The van der Waals surface area contributed by atoms with Crippen molar-refractivity contribution in [3.63, 3.8) is 0 Å². The summed E-state index contributed by atoms with van der Waals surface area (Å²) in [5, 5.41) is 10.5. The first-order valence-electron chi connectivity index (χ1n) is 8.57. The highest BCUT2D eigenvalue weighted by molar-refractivity contribution is 7.89. The van der Waals surface area contributed by atoms with Gasteiger partial charge < -0.3 is 10.1 Å². The lowest BCUT2D eigenvalue weighted by molar-refractivity contribution is -0.138. The van der Waals surface area contributed by atoms with Crippen LogP contribution in [0.4, 0.5) is 0 Å². The number of aliphatic carboxylic acids is 1. The van der Waals surface area contributed by atoms with Gasteiger partial charge in [0.2, 0.25) is 10.0 Å². The van der Waals surface area contributed by atoms with E-state index in [1.165, 1.54) is 0 Å². The summed E-state index contributed by atoms with van der Waals surface area (Å²) in [5.41, 5.74) is 3.77. The van der Waals surface area contributed by atoms with Gasteiger partial charge in [0, 0.05) is 23.5 Å². The molecule has 0 saturated heterocycles. The lowest BCUT2D eigenvalue weighted by Crippen LogP contribution is -2.42. The number of fused-ring (bicyclic) bond motifs is 1. The standard InChI is InChI=1S/C20H22N2O4S/c1-12-8-13(2)19(14(3)9-12)27(25,26)22-18(20(23)24)10-15-11-21-17-7-5-4-6-16(15)17/h4-9,11,18,21-22H,10H2,1-3H3,(H,23,24). The highest BCUT2D eigenvalue weighted by Gasteiger charge is 2.28. The third-order valence-corrected chi connectivity index (χ3v) is 6.34. The van der Waals surface area contributed by atoms with E-state index in [2.05, 4.69) is 9.71 Å². The van der Waals surface area contributed by atoms with Crippen LogP contribution < -0.4 is 4.72 Å². The molecule has 1 heterocycles. The maximum atomic E-state index is 12.9. The highest BCUT2D eigenvalue weighted by atomic mass is 32.2. The monoisotopic (exact) mass is 386 g/mol. The number of aromatic amines is 1. The summed E-state index contributed by atoms with van der Waals surface area (Å²) in [5.74, 6) is -1.22. The van der Waals surface area contributed by atoms with Crippen molar-refractivity contribution in [1.82, 2.24) is 9.71 Å². The Bertz CT molecular complexity index is 1090. The van der Waals surface area contributed by atoms with Crippen LogP contribution in [0.1, 0.15) is 22.3 Å². The number of carbonyl (C=O) groups is 1. The van der Waals surface area contributed by atoms with Crippen molar-refractivity contribution in [3.05, 3.63) is 64.8 Å². The number of hydrogen-bond donors (Lipinski definition) is 3. The van der Waals surface area contributed by atoms with Gasteiger partial charge in [-0.25, -0.2) is 8.42 Å². The van der Waals surface area contributed by atoms with Crippen LogP contribution in [-0.2, 0) is 21.2 Å². The van der Waals surface area contributed by atoms with E-state index in [1.807, 2.05) is 31.2 Å². The summed E-state index contributed by atoms with van der Waals surface area (Å²) in [6.45, 7) is 5.31. The number of sulfonamides is 1. The minimum absolute atomic E-state index is 0.0442. The fourth-order valence-corrected chi connectivity index (χ4v) is 5.18. The van der Waals surface area contributed by atoms with Crippen molar-refractivity contribution in [2.75, 3.05) is 0 Å². The van der Waals surface area contributed by atoms with Crippen LogP contribution in [0.2, 0.25) is 0 Å². The molecule has 27 heavy (non-hydrogen) atoms. The normalized spacial score (nSPS) is 13.0. The molecule has 0 saturated carbocycles. The molecule has 1 atom stereocenters. The van der Waals surface area contributed by atoms with Crippen molar-refractivity contribution in [2.45, 2.75) is 38.1 Å². The van der Waals surface area contributed by atoms with Crippen molar-refractivity contribution in [2.24, 2.45) is 0 Å². The van der Waals surface area contributed by atoms with E-state index in [0.29, 0.717) is 11.1 Å². The predicted molar refractivity (Wildman–Crippen MR) is 104 cm³/mol. The zero-order valence-corrected chi connectivity index (χ0v) is 16.2. The highest BCUT2D eigenvalue weighted by Crippen LogP contribution is 2.23. The van der Waals surface area contributed by atoms with Crippen LogP contribution in [0.3, 0.4) is 0 Å². The lowest BCUT2D eigenvalue weighted by atomic mass is 10.1. The van der Waals surface area contributed by atoms with Crippen LogP contribution in [0, 0.1) is 20.8 Å². The number of carboxylic acids is 1. The van der Waals surface area contributed by atoms with E-state index in [9.17, 15) is 18.3 Å². The summed E-state index contributed by atoms with van der Waals surface area (Å²) in [6.07, 6.45) is 1.76. The zero-order chi connectivity index (χ0) is 19.8. The maximum absolute atomic E-state index is 12.9. The molecule has 0 aliphatic carbocycles.